The second-order valence-electron chi connectivity index (χ2n) is 7.19. The molecule has 30 heavy (non-hydrogen) atoms. The number of anilines is 1. The van der Waals surface area contributed by atoms with Crippen LogP contribution in [-0.4, -0.2) is 35.3 Å². The SMILES string of the molecule is O=C1NC(=O)/C(=C/c2ccc(OC[C@H]3CCCN3c3nc4ccccc4s3)cc2)S1. The summed E-state index contributed by atoms with van der Waals surface area (Å²) in [7, 11) is 0. The molecule has 6 nitrogen and oxygen atoms in total. The van der Waals surface area contributed by atoms with Gasteiger partial charge in [0.25, 0.3) is 11.1 Å². The van der Waals surface area contributed by atoms with E-state index in [0.717, 1.165) is 53.1 Å². The van der Waals surface area contributed by atoms with Gasteiger partial charge < -0.3 is 9.64 Å². The lowest BCUT2D eigenvalue weighted by Crippen LogP contribution is -2.34. The number of nitrogens with one attached hydrogen (secondary N) is 1. The number of carbonyl (C=O) groups excluding carboxylic acids is 2. The van der Waals surface area contributed by atoms with E-state index >= 15 is 0 Å². The number of thioether (sulfide) groups is 1. The van der Waals surface area contributed by atoms with Crippen LogP contribution in [0.1, 0.15) is 18.4 Å². The molecule has 3 heterocycles. The van der Waals surface area contributed by atoms with Gasteiger partial charge in [-0.1, -0.05) is 35.6 Å². The second-order valence-corrected chi connectivity index (χ2v) is 9.21. The number of ether oxygens (including phenoxy) is 1. The molecule has 1 aromatic heterocycles. The van der Waals surface area contributed by atoms with Crippen molar-refractivity contribution in [3.05, 3.63) is 59.0 Å². The minimum absolute atomic E-state index is 0.303. The Hall–Kier alpha value is -2.84. The molecule has 2 aliphatic rings. The fraction of sp³-hybridized carbons (Fsp3) is 0.227. The third-order valence-corrected chi connectivity index (χ3v) is 7.05. The number of aromatic nitrogens is 1. The minimum atomic E-state index is -0.346. The Morgan fingerprint density at radius 3 is 2.77 bits per heavy atom. The van der Waals surface area contributed by atoms with Crippen LogP contribution >= 0.6 is 23.1 Å². The molecule has 0 aliphatic carbocycles. The lowest BCUT2D eigenvalue weighted by atomic mass is 10.2. The number of imide groups is 1. The van der Waals surface area contributed by atoms with Crippen LogP contribution in [-0.2, 0) is 4.79 Å². The van der Waals surface area contributed by atoms with Crippen molar-refractivity contribution in [3.63, 3.8) is 0 Å². The predicted molar refractivity (Wildman–Crippen MR) is 121 cm³/mol. The number of para-hydroxylation sites is 1. The summed E-state index contributed by atoms with van der Waals surface area (Å²) in [4.78, 5) is 30.5. The Kier molecular flexibility index (Phi) is 5.18. The number of amides is 2. The van der Waals surface area contributed by atoms with Crippen LogP contribution in [0.5, 0.6) is 5.75 Å². The quantitative estimate of drug-likeness (QED) is 0.585. The Balaban J connectivity index is 1.23. The molecule has 1 atom stereocenters. The first-order chi connectivity index (χ1) is 14.7. The standard InChI is InChI=1S/C22H19N3O3S2/c26-20-19(30-22(27)24-20)12-14-7-9-16(10-8-14)28-13-15-4-3-11-25(15)21-23-17-5-1-2-6-18(17)29-21/h1-2,5-10,12,15H,3-4,11,13H2,(H,24,26,27)/b19-12-/t15-/m1/s1. The smallest absolute Gasteiger partial charge is 0.290 e. The summed E-state index contributed by atoms with van der Waals surface area (Å²) in [6.45, 7) is 1.60. The Labute approximate surface area is 181 Å². The number of thiazole rings is 1. The van der Waals surface area contributed by atoms with E-state index in [1.54, 1.807) is 17.4 Å². The minimum Gasteiger partial charge on any atom is -0.491 e. The highest BCUT2D eigenvalue weighted by Crippen LogP contribution is 2.33. The van der Waals surface area contributed by atoms with Crippen molar-refractivity contribution in [3.8, 4) is 5.75 Å². The summed E-state index contributed by atoms with van der Waals surface area (Å²) < 4.78 is 7.26. The molecule has 2 amide bonds. The fourth-order valence-corrected chi connectivity index (χ4v) is 5.41. The molecule has 5 rings (SSSR count). The lowest BCUT2D eigenvalue weighted by molar-refractivity contribution is -0.115. The topological polar surface area (TPSA) is 71.5 Å². The highest BCUT2D eigenvalue weighted by Gasteiger charge is 2.28. The number of carbonyl (C=O) groups is 2. The molecule has 0 unspecified atom stereocenters. The fourth-order valence-electron chi connectivity index (χ4n) is 3.67. The van der Waals surface area contributed by atoms with Crippen molar-refractivity contribution in [2.75, 3.05) is 18.1 Å². The maximum Gasteiger partial charge on any atom is 0.290 e. The molecule has 2 saturated heterocycles. The normalized spacial score (nSPS) is 20.3. The van der Waals surface area contributed by atoms with Crippen molar-refractivity contribution in [2.24, 2.45) is 0 Å². The Morgan fingerprint density at radius 2 is 2.00 bits per heavy atom. The summed E-state index contributed by atoms with van der Waals surface area (Å²) in [6.07, 6.45) is 3.93. The first-order valence-electron chi connectivity index (χ1n) is 9.76. The molecule has 0 spiro atoms. The molecule has 1 N–H and O–H groups in total. The van der Waals surface area contributed by atoms with E-state index in [9.17, 15) is 9.59 Å². The monoisotopic (exact) mass is 437 g/mol. The molecular weight excluding hydrogens is 418 g/mol. The average molecular weight is 438 g/mol. The Bertz CT molecular complexity index is 1110. The number of fused-ring (bicyclic) bond motifs is 1. The van der Waals surface area contributed by atoms with Gasteiger partial charge in [-0.25, -0.2) is 4.98 Å². The molecule has 2 fully saturated rings. The van der Waals surface area contributed by atoms with Gasteiger partial charge >= 0.3 is 0 Å². The first-order valence-corrected chi connectivity index (χ1v) is 11.4. The van der Waals surface area contributed by atoms with Gasteiger partial charge in [-0.15, -0.1) is 0 Å². The third-order valence-electron chi connectivity index (χ3n) is 5.17. The van der Waals surface area contributed by atoms with Crippen molar-refractivity contribution >= 4 is 55.7 Å². The second kappa shape index (κ2) is 8.12. The number of rotatable bonds is 5. The van der Waals surface area contributed by atoms with Crippen LogP contribution in [0.3, 0.4) is 0 Å². The van der Waals surface area contributed by atoms with Gasteiger partial charge in [-0.05, 0) is 60.5 Å². The number of benzene rings is 2. The third kappa shape index (κ3) is 3.93. The molecule has 152 valence electrons. The van der Waals surface area contributed by atoms with Crippen LogP contribution in [0, 0.1) is 0 Å². The van der Waals surface area contributed by atoms with Crippen LogP contribution in [0.4, 0.5) is 9.93 Å². The van der Waals surface area contributed by atoms with Crippen molar-refractivity contribution in [2.45, 2.75) is 18.9 Å². The first kappa shape index (κ1) is 19.1. The van der Waals surface area contributed by atoms with Gasteiger partial charge in [0.2, 0.25) is 0 Å². The van der Waals surface area contributed by atoms with E-state index in [0.29, 0.717) is 17.6 Å². The predicted octanol–water partition coefficient (Wildman–Crippen LogP) is 4.67. The summed E-state index contributed by atoms with van der Waals surface area (Å²) in [5, 5.41) is 2.99. The van der Waals surface area contributed by atoms with E-state index in [2.05, 4.69) is 22.3 Å². The molecule has 0 saturated carbocycles. The number of hydrogen-bond acceptors (Lipinski definition) is 7. The molecule has 0 radical (unpaired) electrons. The summed E-state index contributed by atoms with van der Waals surface area (Å²) in [5.41, 5.74) is 1.90. The zero-order chi connectivity index (χ0) is 20.5. The van der Waals surface area contributed by atoms with Gasteiger partial charge in [-0.2, -0.15) is 0 Å². The van der Waals surface area contributed by atoms with Crippen molar-refractivity contribution < 1.29 is 14.3 Å². The summed E-state index contributed by atoms with van der Waals surface area (Å²) in [6, 6.07) is 16.1. The van der Waals surface area contributed by atoms with Gasteiger partial charge in [-0.3, -0.25) is 14.9 Å². The Morgan fingerprint density at radius 1 is 1.17 bits per heavy atom. The van der Waals surface area contributed by atoms with Crippen LogP contribution in [0.25, 0.3) is 16.3 Å². The molecule has 2 aliphatic heterocycles. The van der Waals surface area contributed by atoms with Crippen LogP contribution in [0.15, 0.2) is 53.4 Å². The molecule has 0 bridgehead atoms. The summed E-state index contributed by atoms with van der Waals surface area (Å²) >= 11 is 2.65. The molecular formula is C22H19N3O3S2. The lowest BCUT2D eigenvalue weighted by Gasteiger charge is -2.24. The average Bonchev–Trinajstić information content (AvgIpc) is 3.45. The zero-order valence-electron chi connectivity index (χ0n) is 16.0. The van der Waals surface area contributed by atoms with Crippen LogP contribution < -0.4 is 15.0 Å². The van der Waals surface area contributed by atoms with Gasteiger partial charge in [0.1, 0.15) is 12.4 Å². The van der Waals surface area contributed by atoms with Crippen molar-refractivity contribution in [1.29, 1.82) is 0 Å². The largest absolute Gasteiger partial charge is 0.491 e. The molecule has 8 heteroatoms. The molecule has 3 aromatic rings. The molecule has 2 aromatic carbocycles. The van der Waals surface area contributed by atoms with E-state index in [-0.39, 0.29) is 11.1 Å². The van der Waals surface area contributed by atoms with E-state index in [1.165, 1.54) is 4.70 Å². The number of nitrogens with zero attached hydrogens (tertiary/aromatic N) is 2. The number of hydrogen-bond donors (Lipinski definition) is 1. The maximum atomic E-state index is 11.7. The summed E-state index contributed by atoms with van der Waals surface area (Å²) in [5.74, 6) is 0.439. The van der Waals surface area contributed by atoms with E-state index in [4.69, 9.17) is 9.72 Å². The van der Waals surface area contributed by atoms with Crippen molar-refractivity contribution in [1.82, 2.24) is 10.3 Å². The zero-order valence-corrected chi connectivity index (χ0v) is 17.7. The van der Waals surface area contributed by atoms with E-state index in [1.807, 2.05) is 36.4 Å². The van der Waals surface area contributed by atoms with Gasteiger partial charge in [0, 0.05) is 6.54 Å². The maximum absolute atomic E-state index is 11.7. The highest BCUT2D eigenvalue weighted by molar-refractivity contribution is 8.18. The van der Waals surface area contributed by atoms with Gasteiger partial charge in [0.05, 0.1) is 21.2 Å². The van der Waals surface area contributed by atoms with Gasteiger partial charge in [0.15, 0.2) is 5.13 Å². The van der Waals surface area contributed by atoms with Crippen LogP contribution in [0.2, 0.25) is 0 Å². The van der Waals surface area contributed by atoms with E-state index < -0.39 is 0 Å². The highest BCUT2D eigenvalue weighted by atomic mass is 32.2.